The van der Waals surface area contributed by atoms with Crippen molar-refractivity contribution < 1.29 is 9.53 Å². The molecule has 0 bridgehead atoms. The number of piperidine rings is 1. The van der Waals surface area contributed by atoms with Gasteiger partial charge in [0.05, 0.1) is 11.4 Å². The summed E-state index contributed by atoms with van der Waals surface area (Å²) in [6.45, 7) is 7.42. The van der Waals surface area contributed by atoms with E-state index < -0.39 is 0 Å². The average molecular weight is 332 g/mol. The first-order valence-electron chi connectivity index (χ1n) is 9.04. The number of anilines is 1. The molecule has 0 spiro atoms. The Morgan fingerprint density at radius 3 is 2.67 bits per heavy atom. The summed E-state index contributed by atoms with van der Waals surface area (Å²) >= 11 is 0. The number of carbonyl (C=O) groups excluding carboxylic acids is 1. The number of rotatable bonds is 4. The van der Waals surface area contributed by atoms with Crippen LogP contribution in [0.3, 0.4) is 0 Å². The van der Waals surface area contributed by atoms with Crippen LogP contribution in [0, 0.1) is 19.8 Å². The number of amides is 1. The SMILES string of the molecule is Cc1cnc(C)c(N2CCC(CC(=O)NC3CCOCC3)CC2)n1. The number of carbonyl (C=O) groups is 1. The first kappa shape index (κ1) is 17.1. The van der Waals surface area contributed by atoms with Crippen LogP contribution in [-0.4, -0.2) is 48.2 Å². The summed E-state index contributed by atoms with van der Waals surface area (Å²) in [5, 5.41) is 3.17. The van der Waals surface area contributed by atoms with Crippen LogP contribution in [0.25, 0.3) is 0 Å². The number of aryl methyl sites for hydroxylation is 2. The van der Waals surface area contributed by atoms with Gasteiger partial charge >= 0.3 is 0 Å². The first-order chi connectivity index (χ1) is 11.6. The molecule has 1 aromatic heterocycles. The van der Waals surface area contributed by atoms with Gasteiger partial charge in [0.2, 0.25) is 5.91 Å². The monoisotopic (exact) mass is 332 g/mol. The molecule has 0 aliphatic carbocycles. The Morgan fingerprint density at radius 2 is 1.96 bits per heavy atom. The lowest BCUT2D eigenvalue weighted by atomic mass is 9.93. The number of nitrogens with one attached hydrogen (secondary N) is 1. The fourth-order valence-corrected chi connectivity index (χ4v) is 3.56. The van der Waals surface area contributed by atoms with Crippen molar-refractivity contribution in [2.24, 2.45) is 5.92 Å². The molecule has 0 saturated carbocycles. The zero-order valence-corrected chi connectivity index (χ0v) is 14.8. The van der Waals surface area contributed by atoms with Crippen molar-refractivity contribution in [1.29, 1.82) is 0 Å². The van der Waals surface area contributed by atoms with Crippen LogP contribution in [0.1, 0.15) is 43.5 Å². The highest BCUT2D eigenvalue weighted by atomic mass is 16.5. The normalized spacial score (nSPS) is 20.2. The van der Waals surface area contributed by atoms with E-state index in [9.17, 15) is 4.79 Å². The Morgan fingerprint density at radius 1 is 1.25 bits per heavy atom. The number of aromatic nitrogens is 2. The summed E-state index contributed by atoms with van der Waals surface area (Å²) in [6.07, 6.45) is 6.41. The lowest BCUT2D eigenvalue weighted by Crippen LogP contribution is -2.41. The van der Waals surface area contributed by atoms with Crippen molar-refractivity contribution in [2.75, 3.05) is 31.2 Å². The smallest absolute Gasteiger partial charge is 0.220 e. The molecule has 1 aromatic rings. The summed E-state index contributed by atoms with van der Waals surface area (Å²) in [7, 11) is 0. The number of hydrogen-bond donors (Lipinski definition) is 1. The lowest BCUT2D eigenvalue weighted by Gasteiger charge is -2.33. The number of nitrogens with zero attached hydrogens (tertiary/aromatic N) is 3. The van der Waals surface area contributed by atoms with Crippen molar-refractivity contribution in [3.8, 4) is 0 Å². The van der Waals surface area contributed by atoms with Crippen LogP contribution in [0.4, 0.5) is 5.82 Å². The molecule has 3 heterocycles. The first-order valence-corrected chi connectivity index (χ1v) is 9.04. The van der Waals surface area contributed by atoms with Gasteiger partial charge in [0, 0.05) is 45.0 Å². The van der Waals surface area contributed by atoms with Crippen LogP contribution >= 0.6 is 0 Å². The average Bonchev–Trinajstić information content (AvgIpc) is 2.59. The number of hydrogen-bond acceptors (Lipinski definition) is 5. The van der Waals surface area contributed by atoms with E-state index in [2.05, 4.69) is 20.2 Å². The molecule has 2 saturated heterocycles. The molecule has 0 atom stereocenters. The second-order valence-corrected chi connectivity index (χ2v) is 7.01. The van der Waals surface area contributed by atoms with Gasteiger partial charge in [0.1, 0.15) is 5.82 Å². The van der Waals surface area contributed by atoms with Crippen molar-refractivity contribution in [3.63, 3.8) is 0 Å². The molecule has 0 aromatic carbocycles. The van der Waals surface area contributed by atoms with Crippen molar-refractivity contribution in [3.05, 3.63) is 17.6 Å². The van der Waals surface area contributed by atoms with Crippen LogP contribution in [0.15, 0.2) is 6.20 Å². The third kappa shape index (κ3) is 4.44. The summed E-state index contributed by atoms with van der Waals surface area (Å²) in [6, 6.07) is 0.302. The molecule has 2 aliphatic rings. The van der Waals surface area contributed by atoms with Gasteiger partial charge < -0.3 is 15.0 Å². The Hall–Kier alpha value is -1.69. The quantitative estimate of drug-likeness (QED) is 0.913. The van der Waals surface area contributed by atoms with Crippen LogP contribution in [0.2, 0.25) is 0 Å². The minimum atomic E-state index is 0.201. The lowest BCUT2D eigenvalue weighted by molar-refractivity contribution is -0.123. The predicted octanol–water partition coefficient (Wildman–Crippen LogP) is 2.00. The van der Waals surface area contributed by atoms with Gasteiger partial charge in [0.15, 0.2) is 0 Å². The van der Waals surface area contributed by atoms with Crippen molar-refractivity contribution in [2.45, 2.75) is 52.0 Å². The van der Waals surface area contributed by atoms with E-state index in [1.165, 1.54) is 0 Å². The summed E-state index contributed by atoms with van der Waals surface area (Å²) in [4.78, 5) is 23.6. The Labute approximate surface area is 144 Å². The maximum atomic E-state index is 12.2. The van der Waals surface area contributed by atoms with Crippen molar-refractivity contribution in [1.82, 2.24) is 15.3 Å². The van der Waals surface area contributed by atoms with E-state index in [1.54, 1.807) is 0 Å². The van der Waals surface area contributed by atoms with Gasteiger partial charge in [-0.15, -0.1) is 0 Å². The zero-order valence-electron chi connectivity index (χ0n) is 14.8. The summed E-state index contributed by atoms with van der Waals surface area (Å²) < 4.78 is 5.34. The second-order valence-electron chi connectivity index (χ2n) is 7.01. The van der Waals surface area contributed by atoms with E-state index in [-0.39, 0.29) is 5.91 Å². The molecular weight excluding hydrogens is 304 g/mol. The van der Waals surface area contributed by atoms with Gasteiger partial charge in [-0.25, -0.2) is 4.98 Å². The van der Waals surface area contributed by atoms with Gasteiger partial charge in [-0.3, -0.25) is 9.78 Å². The molecule has 1 N–H and O–H groups in total. The summed E-state index contributed by atoms with van der Waals surface area (Å²) in [5.41, 5.74) is 1.94. The minimum absolute atomic E-state index is 0.201. The second kappa shape index (κ2) is 7.92. The topological polar surface area (TPSA) is 67.4 Å². The third-order valence-corrected chi connectivity index (χ3v) is 5.03. The number of ether oxygens (including phenoxy) is 1. The highest BCUT2D eigenvalue weighted by Gasteiger charge is 2.24. The van der Waals surface area contributed by atoms with Gasteiger partial charge in [0.25, 0.3) is 0 Å². The summed E-state index contributed by atoms with van der Waals surface area (Å²) in [5.74, 6) is 1.67. The highest BCUT2D eigenvalue weighted by molar-refractivity contribution is 5.76. The fourth-order valence-electron chi connectivity index (χ4n) is 3.56. The van der Waals surface area contributed by atoms with Gasteiger partial charge in [-0.05, 0) is 45.4 Å². The Kier molecular flexibility index (Phi) is 5.66. The standard InChI is InChI=1S/C18H28N4O2/c1-13-12-19-14(2)18(20-13)22-7-3-15(4-8-22)11-17(23)21-16-5-9-24-10-6-16/h12,15-16H,3-11H2,1-2H3,(H,21,23). The van der Waals surface area contributed by atoms with Crippen LogP contribution < -0.4 is 10.2 Å². The largest absolute Gasteiger partial charge is 0.381 e. The zero-order chi connectivity index (χ0) is 16.9. The van der Waals surface area contributed by atoms with Gasteiger partial charge in [-0.1, -0.05) is 0 Å². The molecule has 24 heavy (non-hydrogen) atoms. The van der Waals surface area contributed by atoms with E-state index in [4.69, 9.17) is 4.74 Å². The highest BCUT2D eigenvalue weighted by Crippen LogP contribution is 2.25. The molecule has 2 aliphatic heterocycles. The Bertz CT molecular complexity index is 564. The molecule has 6 heteroatoms. The van der Waals surface area contributed by atoms with Gasteiger partial charge in [-0.2, -0.15) is 0 Å². The predicted molar refractivity (Wildman–Crippen MR) is 93.0 cm³/mol. The molecular formula is C18H28N4O2. The third-order valence-electron chi connectivity index (χ3n) is 5.03. The van der Waals surface area contributed by atoms with Crippen LogP contribution in [-0.2, 0) is 9.53 Å². The Balaban J connectivity index is 1.46. The fraction of sp³-hybridized carbons (Fsp3) is 0.722. The van der Waals surface area contributed by atoms with E-state index >= 15 is 0 Å². The maximum absolute atomic E-state index is 12.2. The molecule has 6 nitrogen and oxygen atoms in total. The van der Waals surface area contributed by atoms with E-state index in [1.807, 2.05) is 20.0 Å². The van der Waals surface area contributed by atoms with E-state index in [0.29, 0.717) is 18.4 Å². The molecule has 2 fully saturated rings. The van der Waals surface area contributed by atoms with E-state index in [0.717, 1.165) is 69.2 Å². The van der Waals surface area contributed by atoms with Crippen LogP contribution in [0.5, 0.6) is 0 Å². The molecule has 1 amide bonds. The minimum Gasteiger partial charge on any atom is -0.381 e. The molecule has 0 unspecified atom stereocenters. The molecule has 132 valence electrons. The molecule has 0 radical (unpaired) electrons. The van der Waals surface area contributed by atoms with Crippen molar-refractivity contribution >= 4 is 11.7 Å². The maximum Gasteiger partial charge on any atom is 0.220 e. The molecule has 3 rings (SSSR count).